The Morgan fingerprint density at radius 3 is 2.94 bits per heavy atom. The van der Waals surface area contributed by atoms with Crippen LogP contribution in [0.2, 0.25) is 0 Å². The maximum Gasteiger partial charge on any atom is 0.122 e. The molecular weight excluding hydrogens is 216 g/mol. The lowest BCUT2D eigenvalue weighted by atomic mass is 10.2. The summed E-state index contributed by atoms with van der Waals surface area (Å²) in [4.78, 5) is 2.25. The summed E-state index contributed by atoms with van der Waals surface area (Å²) < 4.78 is 10.8. The first-order valence-corrected chi connectivity index (χ1v) is 6.30. The molecule has 0 unspecified atom stereocenters. The predicted octanol–water partition coefficient (Wildman–Crippen LogP) is 1.86. The quantitative estimate of drug-likeness (QED) is 0.669. The van der Waals surface area contributed by atoms with Crippen LogP contribution in [0, 0.1) is 0 Å². The molecule has 0 saturated carbocycles. The van der Waals surface area contributed by atoms with Gasteiger partial charge in [-0.2, -0.15) is 0 Å². The Kier molecular flexibility index (Phi) is 6.93. The molecule has 4 nitrogen and oxygen atoms in total. The van der Waals surface area contributed by atoms with Gasteiger partial charge in [0.05, 0.1) is 19.4 Å². The average Bonchev–Trinajstić information content (AvgIpc) is 2.74. The van der Waals surface area contributed by atoms with Crippen LogP contribution in [-0.2, 0) is 17.8 Å². The van der Waals surface area contributed by atoms with Gasteiger partial charge in [-0.15, -0.1) is 0 Å². The monoisotopic (exact) mass is 240 g/mol. The van der Waals surface area contributed by atoms with Crippen molar-refractivity contribution in [3.63, 3.8) is 0 Å². The fourth-order valence-corrected chi connectivity index (χ4v) is 1.64. The summed E-state index contributed by atoms with van der Waals surface area (Å²) in [5.74, 6) is 1.04. The maximum absolute atomic E-state index is 5.47. The lowest BCUT2D eigenvalue weighted by molar-refractivity contribution is 0.120. The molecule has 1 N–H and O–H groups in total. The summed E-state index contributed by atoms with van der Waals surface area (Å²) in [5.41, 5.74) is 1.25. The van der Waals surface area contributed by atoms with E-state index < -0.39 is 0 Å². The van der Waals surface area contributed by atoms with Crippen LogP contribution < -0.4 is 5.32 Å². The van der Waals surface area contributed by atoms with Gasteiger partial charge in [-0.05, 0) is 26.6 Å². The highest BCUT2D eigenvalue weighted by molar-refractivity contribution is 5.16. The van der Waals surface area contributed by atoms with Gasteiger partial charge in [0, 0.05) is 25.3 Å². The molecule has 0 amide bonds. The van der Waals surface area contributed by atoms with Crippen molar-refractivity contribution in [1.29, 1.82) is 0 Å². The number of rotatable bonds is 9. The van der Waals surface area contributed by atoms with E-state index in [4.69, 9.17) is 9.15 Å². The molecule has 98 valence electrons. The maximum atomic E-state index is 5.47. The van der Waals surface area contributed by atoms with Crippen LogP contribution in [0.1, 0.15) is 25.2 Å². The van der Waals surface area contributed by atoms with E-state index in [2.05, 4.69) is 24.2 Å². The summed E-state index contributed by atoms with van der Waals surface area (Å²) >= 11 is 0. The molecule has 0 aliphatic heterocycles. The number of hydrogen-bond acceptors (Lipinski definition) is 4. The highest BCUT2D eigenvalue weighted by Crippen LogP contribution is 2.12. The average molecular weight is 240 g/mol. The third-order valence-corrected chi connectivity index (χ3v) is 2.63. The molecule has 4 heteroatoms. The Hall–Kier alpha value is -0.840. The minimum atomic E-state index is 0.783. The Morgan fingerprint density at radius 2 is 2.24 bits per heavy atom. The van der Waals surface area contributed by atoms with Crippen molar-refractivity contribution in [2.24, 2.45) is 0 Å². The highest BCUT2D eigenvalue weighted by atomic mass is 16.5. The molecule has 0 aliphatic rings. The van der Waals surface area contributed by atoms with Gasteiger partial charge in [0.15, 0.2) is 0 Å². The van der Waals surface area contributed by atoms with Crippen molar-refractivity contribution in [1.82, 2.24) is 10.2 Å². The third kappa shape index (κ3) is 5.35. The van der Waals surface area contributed by atoms with E-state index in [9.17, 15) is 0 Å². The van der Waals surface area contributed by atoms with Crippen molar-refractivity contribution < 1.29 is 9.15 Å². The van der Waals surface area contributed by atoms with Crippen LogP contribution >= 0.6 is 0 Å². The number of nitrogens with zero attached hydrogens (tertiary/aromatic N) is 1. The zero-order valence-electron chi connectivity index (χ0n) is 11.2. The molecule has 0 atom stereocenters. The molecule has 1 aromatic rings. The molecule has 0 spiro atoms. The van der Waals surface area contributed by atoms with Gasteiger partial charge >= 0.3 is 0 Å². The second-order valence-corrected chi connectivity index (χ2v) is 4.08. The minimum Gasteiger partial charge on any atom is -0.468 e. The molecule has 0 fully saturated rings. The lowest BCUT2D eigenvalue weighted by Crippen LogP contribution is -2.23. The Bertz CT molecular complexity index is 299. The molecule has 0 aromatic carbocycles. The normalized spacial score (nSPS) is 11.3. The molecule has 0 bridgehead atoms. The first-order chi connectivity index (χ1) is 8.27. The van der Waals surface area contributed by atoms with Crippen LogP contribution in [0.15, 0.2) is 16.7 Å². The van der Waals surface area contributed by atoms with E-state index in [1.54, 1.807) is 6.26 Å². The van der Waals surface area contributed by atoms with Crippen LogP contribution in [0.3, 0.4) is 0 Å². The van der Waals surface area contributed by atoms with Gasteiger partial charge in [-0.1, -0.05) is 6.92 Å². The molecule has 1 rings (SSSR count). The fraction of sp³-hybridized carbons (Fsp3) is 0.692. The van der Waals surface area contributed by atoms with Gasteiger partial charge in [0.2, 0.25) is 0 Å². The van der Waals surface area contributed by atoms with E-state index in [0.717, 1.165) is 45.2 Å². The SMILES string of the molecule is CCNCc1occc1CN(C)CCOCC. The molecule has 0 aliphatic carbocycles. The number of ether oxygens (including phenoxy) is 1. The first-order valence-electron chi connectivity index (χ1n) is 6.30. The Morgan fingerprint density at radius 1 is 1.41 bits per heavy atom. The van der Waals surface area contributed by atoms with Gasteiger partial charge in [0.1, 0.15) is 5.76 Å². The van der Waals surface area contributed by atoms with E-state index in [-0.39, 0.29) is 0 Å². The lowest BCUT2D eigenvalue weighted by Gasteiger charge is -2.16. The summed E-state index contributed by atoms with van der Waals surface area (Å²) in [6.45, 7) is 9.29. The van der Waals surface area contributed by atoms with Crippen molar-refractivity contribution >= 4 is 0 Å². The van der Waals surface area contributed by atoms with Crippen LogP contribution in [0.5, 0.6) is 0 Å². The van der Waals surface area contributed by atoms with Gasteiger partial charge in [0.25, 0.3) is 0 Å². The summed E-state index contributed by atoms with van der Waals surface area (Å²) in [6.07, 6.45) is 1.76. The first kappa shape index (κ1) is 14.2. The Balaban J connectivity index is 2.36. The smallest absolute Gasteiger partial charge is 0.122 e. The Labute approximate surface area is 104 Å². The summed E-state index contributed by atoms with van der Waals surface area (Å²) in [7, 11) is 2.10. The van der Waals surface area contributed by atoms with Crippen molar-refractivity contribution in [2.45, 2.75) is 26.9 Å². The van der Waals surface area contributed by atoms with Gasteiger partial charge in [-0.3, -0.25) is 4.90 Å². The highest BCUT2D eigenvalue weighted by Gasteiger charge is 2.08. The molecule has 0 radical (unpaired) electrons. The van der Waals surface area contributed by atoms with Gasteiger partial charge in [-0.25, -0.2) is 0 Å². The molecular formula is C13H24N2O2. The van der Waals surface area contributed by atoms with E-state index in [1.165, 1.54) is 5.56 Å². The molecule has 1 aromatic heterocycles. The molecule has 1 heterocycles. The van der Waals surface area contributed by atoms with E-state index in [1.807, 2.05) is 13.0 Å². The standard InChI is InChI=1S/C13H24N2O2/c1-4-14-10-13-12(6-8-17-13)11-15(3)7-9-16-5-2/h6,8,14H,4-5,7,9-11H2,1-3H3. The van der Waals surface area contributed by atoms with E-state index >= 15 is 0 Å². The largest absolute Gasteiger partial charge is 0.468 e. The number of nitrogens with one attached hydrogen (secondary N) is 1. The second-order valence-electron chi connectivity index (χ2n) is 4.08. The topological polar surface area (TPSA) is 37.6 Å². The zero-order valence-corrected chi connectivity index (χ0v) is 11.2. The molecule has 0 saturated heterocycles. The van der Waals surface area contributed by atoms with E-state index in [0.29, 0.717) is 0 Å². The number of likely N-dealkylation sites (N-methyl/N-ethyl adjacent to an activating group) is 1. The fourth-order valence-electron chi connectivity index (χ4n) is 1.64. The summed E-state index contributed by atoms with van der Waals surface area (Å²) in [5, 5.41) is 3.28. The second kappa shape index (κ2) is 8.28. The summed E-state index contributed by atoms with van der Waals surface area (Å²) in [6, 6.07) is 2.05. The third-order valence-electron chi connectivity index (χ3n) is 2.63. The van der Waals surface area contributed by atoms with Gasteiger partial charge < -0.3 is 14.5 Å². The zero-order chi connectivity index (χ0) is 12.5. The molecule has 17 heavy (non-hydrogen) atoms. The number of furan rings is 1. The van der Waals surface area contributed by atoms with Crippen molar-refractivity contribution in [3.05, 3.63) is 23.7 Å². The predicted molar refractivity (Wildman–Crippen MR) is 68.9 cm³/mol. The number of hydrogen-bond donors (Lipinski definition) is 1. The van der Waals surface area contributed by atoms with Crippen LogP contribution in [0.25, 0.3) is 0 Å². The minimum absolute atomic E-state index is 0.783. The van der Waals surface area contributed by atoms with Crippen molar-refractivity contribution in [3.8, 4) is 0 Å². The van der Waals surface area contributed by atoms with Crippen LogP contribution in [0.4, 0.5) is 0 Å². The van der Waals surface area contributed by atoms with Crippen molar-refractivity contribution in [2.75, 3.05) is 33.4 Å². The van der Waals surface area contributed by atoms with Crippen LogP contribution in [-0.4, -0.2) is 38.3 Å².